The highest BCUT2D eigenvalue weighted by molar-refractivity contribution is 5.94. The van der Waals surface area contributed by atoms with Crippen LogP contribution in [0, 0.1) is 0 Å². The molecule has 1 aromatic rings. The van der Waals surface area contributed by atoms with Crippen molar-refractivity contribution in [2.24, 2.45) is 0 Å². The second kappa shape index (κ2) is 7.53. The number of aliphatic hydroxyl groups excluding tert-OH is 1. The number of aryl methyl sites for hydroxylation is 1. The fourth-order valence-corrected chi connectivity index (χ4v) is 1.58. The minimum Gasteiger partial charge on any atom is -0.479 e. The van der Waals surface area contributed by atoms with Crippen LogP contribution >= 0.6 is 0 Å². The van der Waals surface area contributed by atoms with E-state index in [4.69, 9.17) is 10.2 Å². The summed E-state index contributed by atoms with van der Waals surface area (Å²) in [6, 6.07) is 7.18. The molecule has 0 heterocycles. The molecule has 5 heteroatoms. The molecule has 0 aliphatic heterocycles. The molecule has 5 nitrogen and oxygen atoms in total. The Balaban J connectivity index is 2.51. The van der Waals surface area contributed by atoms with Gasteiger partial charge in [0.25, 0.3) is 5.91 Å². The molecular weight excluding hydrogens is 246 g/mol. The van der Waals surface area contributed by atoms with E-state index in [1.807, 2.05) is 12.1 Å². The summed E-state index contributed by atoms with van der Waals surface area (Å²) in [5.41, 5.74) is 1.63. The van der Waals surface area contributed by atoms with Gasteiger partial charge in [0.15, 0.2) is 6.10 Å². The topological polar surface area (TPSA) is 86.6 Å². The van der Waals surface area contributed by atoms with Crippen LogP contribution in [0.15, 0.2) is 24.3 Å². The highest BCUT2D eigenvalue weighted by atomic mass is 16.4. The van der Waals surface area contributed by atoms with E-state index in [9.17, 15) is 9.59 Å². The SMILES string of the molecule is CCCCc1ccc(C(=O)NCC(O)C(=O)O)cc1. The van der Waals surface area contributed by atoms with E-state index in [0.29, 0.717) is 5.56 Å². The molecule has 1 aromatic carbocycles. The predicted octanol–water partition coefficient (Wildman–Crippen LogP) is 1.20. The lowest BCUT2D eigenvalue weighted by molar-refractivity contribution is -0.146. The van der Waals surface area contributed by atoms with E-state index >= 15 is 0 Å². The molecule has 1 atom stereocenters. The van der Waals surface area contributed by atoms with Gasteiger partial charge < -0.3 is 15.5 Å². The van der Waals surface area contributed by atoms with Crippen molar-refractivity contribution in [1.29, 1.82) is 0 Å². The van der Waals surface area contributed by atoms with Crippen LogP contribution < -0.4 is 5.32 Å². The minimum absolute atomic E-state index is 0.300. The van der Waals surface area contributed by atoms with Gasteiger partial charge in [-0.15, -0.1) is 0 Å². The lowest BCUT2D eigenvalue weighted by Crippen LogP contribution is -2.36. The molecule has 1 amide bonds. The maximum atomic E-state index is 11.7. The molecular formula is C14H19NO4. The fourth-order valence-electron chi connectivity index (χ4n) is 1.58. The average Bonchev–Trinajstić information content (AvgIpc) is 2.42. The van der Waals surface area contributed by atoms with Crippen LogP contribution in [-0.4, -0.2) is 34.7 Å². The van der Waals surface area contributed by atoms with E-state index in [1.165, 1.54) is 5.56 Å². The molecule has 0 saturated heterocycles. The van der Waals surface area contributed by atoms with Gasteiger partial charge in [-0.25, -0.2) is 4.79 Å². The molecule has 0 aliphatic rings. The first-order chi connectivity index (χ1) is 9.04. The maximum absolute atomic E-state index is 11.7. The Labute approximate surface area is 112 Å². The van der Waals surface area contributed by atoms with Gasteiger partial charge >= 0.3 is 5.97 Å². The summed E-state index contributed by atoms with van der Waals surface area (Å²) in [5, 5.41) is 19.9. The molecule has 3 N–H and O–H groups in total. The number of rotatable bonds is 7. The smallest absolute Gasteiger partial charge is 0.334 e. The van der Waals surface area contributed by atoms with Crippen molar-refractivity contribution in [2.45, 2.75) is 32.3 Å². The van der Waals surface area contributed by atoms with Crippen molar-refractivity contribution in [2.75, 3.05) is 6.54 Å². The number of unbranched alkanes of at least 4 members (excludes halogenated alkanes) is 1. The molecule has 0 bridgehead atoms. The Hall–Kier alpha value is -1.88. The zero-order valence-electron chi connectivity index (χ0n) is 10.9. The number of aliphatic carboxylic acids is 1. The monoisotopic (exact) mass is 265 g/mol. The molecule has 104 valence electrons. The van der Waals surface area contributed by atoms with E-state index in [0.717, 1.165) is 19.3 Å². The minimum atomic E-state index is -1.58. The van der Waals surface area contributed by atoms with Crippen molar-refractivity contribution in [1.82, 2.24) is 5.32 Å². The number of carboxylic acids is 1. The van der Waals surface area contributed by atoms with E-state index in [1.54, 1.807) is 12.1 Å². The summed E-state index contributed by atoms with van der Waals surface area (Å²) < 4.78 is 0. The fraction of sp³-hybridized carbons (Fsp3) is 0.429. The van der Waals surface area contributed by atoms with E-state index in [2.05, 4.69) is 12.2 Å². The van der Waals surface area contributed by atoms with E-state index < -0.39 is 12.1 Å². The number of amides is 1. The number of carboxylic acid groups (broad SMARTS) is 1. The van der Waals surface area contributed by atoms with Gasteiger partial charge in [-0.05, 0) is 30.5 Å². The number of aliphatic hydroxyl groups is 1. The van der Waals surface area contributed by atoms with Gasteiger partial charge in [-0.1, -0.05) is 25.5 Å². The lowest BCUT2D eigenvalue weighted by Gasteiger charge is -2.08. The first kappa shape index (κ1) is 15.2. The Bertz CT molecular complexity index is 428. The molecule has 0 radical (unpaired) electrons. The van der Waals surface area contributed by atoms with Gasteiger partial charge in [-0.2, -0.15) is 0 Å². The zero-order valence-corrected chi connectivity index (χ0v) is 10.9. The number of carbonyl (C=O) groups excluding carboxylic acids is 1. The highest BCUT2D eigenvalue weighted by Gasteiger charge is 2.14. The second-order valence-electron chi connectivity index (χ2n) is 4.36. The molecule has 0 spiro atoms. The normalized spacial score (nSPS) is 11.9. The van der Waals surface area contributed by atoms with Crippen LogP contribution in [0.3, 0.4) is 0 Å². The molecule has 0 aromatic heterocycles. The van der Waals surface area contributed by atoms with Gasteiger partial charge in [0.05, 0.1) is 6.54 Å². The summed E-state index contributed by atoms with van der Waals surface area (Å²) in [5.74, 6) is -1.74. The third-order valence-corrected chi connectivity index (χ3v) is 2.78. The first-order valence-corrected chi connectivity index (χ1v) is 6.32. The zero-order chi connectivity index (χ0) is 14.3. The number of nitrogens with one attached hydrogen (secondary N) is 1. The Morgan fingerprint density at radius 3 is 2.42 bits per heavy atom. The van der Waals surface area contributed by atoms with Crippen molar-refractivity contribution in [3.63, 3.8) is 0 Å². The van der Waals surface area contributed by atoms with Crippen molar-refractivity contribution in [3.05, 3.63) is 35.4 Å². The number of hydrogen-bond donors (Lipinski definition) is 3. The van der Waals surface area contributed by atoms with Gasteiger partial charge in [0.2, 0.25) is 0 Å². The van der Waals surface area contributed by atoms with Crippen molar-refractivity contribution >= 4 is 11.9 Å². The summed E-state index contributed by atoms with van der Waals surface area (Å²) in [6.45, 7) is 1.82. The summed E-state index contributed by atoms with van der Waals surface area (Å²) >= 11 is 0. The molecule has 19 heavy (non-hydrogen) atoms. The summed E-state index contributed by atoms with van der Waals surface area (Å²) in [6.07, 6.45) is 1.63. The molecule has 0 fully saturated rings. The molecule has 0 saturated carbocycles. The van der Waals surface area contributed by atoms with Crippen LogP contribution in [0.2, 0.25) is 0 Å². The maximum Gasteiger partial charge on any atom is 0.334 e. The lowest BCUT2D eigenvalue weighted by atomic mass is 10.1. The van der Waals surface area contributed by atoms with Gasteiger partial charge in [0.1, 0.15) is 0 Å². The molecule has 1 unspecified atom stereocenters. The van der Waals surface area contributed by atoms with Gasteiger partial charge in [0, 0.05) is 5.56 Å². The number of benzene rings is 1. The summed E-state index contributed by atoms with van der Waals surface area (Å²) in [7, 11) is 0. The van der Waals surface area contributed by atoms with Crippen LogP contribution in [0.4, 0.5) is 0 Å². The average molecular weight is 265 g/mol. The Morgan fingerprint density at radius 2 is 1.89 bits per heavy atom. The Morgan fingerprint density at radius 1 is 1.26 bits per heavy atom. The van der Waals surface area contributed by atoms with E-state index in [-0.39, 0.29) is 12.5 Å². The quantitative estimate of drug-likeness (QED) is 0.691. The highest BCUT2D eigenvalue weighted by Crippen LogP contribution is 2.07. The third-order valence-electron chi connectivity index (χ3n) is 2.78. The van der Waals surface area contributed by atoms with Gasteiger partial charge in [-0.3, -0.25) is 4.79 Å². The number of hydrogen-bond acceptors (Lipinski definition) is 3. The van der Waals surface area contributed by atoms with Crippen molar-refractivity contribution in [3.8, 4) is 0 Å². The summed E-state index contributed by atoms with van der Waals surface area (Å²) in [4.78, 5) is 22.1. The Kier molecular flexibility index (Phi) is 6.02. The van der Waals surface area contributed by atoms with Crippen LogP contribution in [0.1, 0.15) is 35.7 Å². The largest absolute Gasteiger partial charge is 0.479 e. The predicted molar refractivity (Wildman–Crippen MR) is 71.0 cm³/mol. The second-order valence-corrected chi connectivity index (χ2v) is 4.36. The molecule has 1 rings (SSSR count). The standard InChI is InChI=1S/C14H19NO4/c1-2-3-4-10-5-7-11(8-6-10)13(17)15-9-12(16)14(18)19/h5-8,12,16H,2-4,9H2,1H3,(H,15,17)(H,18,19). The van der Waals surface area contributed by atoms with Crippen LogP contribution in [-0.2, 0) is 11.2 Å². The van der Waals surface area contributed by atoms with Crippen molar-refractivity contribution < 1.29 is 19.8 Å². The first-order valence-electron chi connectivity index (χ1n) is 6.32. The van der Waals surface area contributed by atoms with Crippen LogP contribution in [0.25, 0.3) is 0 Å². The number of carbonyl (C=O) groups is 2. The van der Waals surface area contributed by atoms with Crippen LogP contribution in [0.5, 0.6) is 0 Å². The molecule has 0 aliphatic carbocycles. The third kappa shape index (κ3) is 5.09.